The van der Waals surface area contributed by atoms with E-state index in [1.165, 1.54) is 11.0 Å². The maximum atomic E-state index is 12.8. The van der Waals surface area contributed by atoms with Crippen molar-refractivity contribution < 1.29 is 8.78 Å². The molecule has 0 aromatic carbocycles. The molecular formula is C9H14F2N2. The van der Waals surface area contributed by atoms with Gasteiger partial charge in [-0.1, -0.05) is 12.0 Å². The van der Waals surface area contributed by atoms with Gasteiger partial charge in [0.1, 0.15) is 0 Å². The number of halogens is 2. The monoisotopic (exact) mass is 188 g/mol. The Morgan fingerprint density at radius 2 is 2.23 bits per heavy atom. The minimum atomic E-state index is -2.88. The molecule has 0 saturated carbocycles. The lowest BCUT2D eigenvalue weighted by Gasteiger charge is -2.23. The smallest absolute Gasteiger partial charge is 0.272 e. The van der Waals surface area contributed by atoms with Crippen LogP contribution in [0.1, 0.15) is 0 Å². The van der Waals surface area contributed by atoms with Crippen LogP contribution in [-0.2, 0) is 0 Å². The van der Waals surface area contributed by atoms with E-state index < -0.39 is 19.0 Å². The van der Waals surface area contributed by atoms with Crippen LogP contribution in [0.25, 0.3) is 0 Å². The average Bonchev–Trinajstić information content (AvgIpc) is 2.05. The molecule has 0 aliphatic heterocycles. The summed E-state index contributed by atoms with van der Waals surface area (Å²) >= 11 is 0. The Balaban J connectivity index is 4.09. The maximum absolute atomic E-state index is 12.8. The van der Waals surface area contributed by atoms with E-state index in [1.54, 1.807) is 0 Å². The lowest BCUT2D eigenvalue weighted by atomic mass is 10.3. The van der Waals surface area contributed by atoms with E-state index in [9.17, 15) is 8.78 Å². The van der Waals surface area contributed by atoms with Gasteiger partial charge in [0.2, 0.25) is 0 Å². The Hall–Kier alpha value is -0.920. The minimum absolute atomic E-state index is 0.182. The summed E-state index contributed by atoms with van der Waals surface area (Å²) in [6.45, 7) is 2.90. The van der Waals surface area contributed by atoms with Crippen molar-refractivity contribution in [3.63, 3.8) is 0 Å². The van der Waals surface area contributed by atoms with Crippen molar-refractivity contribution in [2.75, 3.05) is 26.2 Å². The summed E-state index contributed by atoms with van der Waals surface area (Å²) in [6.07, 6.45) is 6.55. The maximum Gasteiger partial charge on any atom is 0.272 e. The van der Waals surface area contributed by atoms with Crippen LogP contribution in [0.15, 0.2) is 12.7 Å². The summed E-state index contributed by atoms with van der Waals surface area (Å²) in [6, 6.07) is 0. The zero-order valence-corrected chi connectivity index (χ0v) is 7.47. The van der Waals surface area contributed by atoms with E-state index in [0.717, 1.165) is 0 Å². The molecule has 0 saturated heterocycles. The van der Waals surface area contributed by atoms with Crippen LogP contribution in [0.2, 0.25) is 0 Å². The van der Waals surface area contributed by atoms with Gasteiger partial charge in [0.25, 0.3) is 5.92 Å². The van der Waals surface area contributed by atoms with Gasteiger partial charge in [0.15, 0.2) is 0 Å². The molecule has 0 fully saturated rings. The Labute approximate surface area is 77.4 Å². The predicted octanol–water partition coefficient (Wildman–Crippen LogP) is 0.702. The normalized spacial score (nSPS) is 11.3. The molecule has 0 aromatic heterocycles. The van der Waals surface area contributed by atoms with Gasteiger partial charge >= 0.3 is 0 Å². The van der Waals surface area contributed by atoms with Gasteiger partial charge < -0.3 is 5.73 Å². The molecule has 2 nitrogen and oxygen atoms in total. The van der Waals surface area contributed by atoms with Gasteiger partial charge in [-0.15, -0.1) is 13.0 Å². The van der Waals surface area contributed by atoms with Crippen molar-refractivity contribution in [3.05, 3.63) is 12.7 Å². The second-order valence-electron chi connectivity index (χ2n) is 2.72. The molecule has 0 unspecified atom stereocenters. The fourth-order valence-corrected chi connectivity index (χ4v) is 0.888. The Kier molecular flexibility index (Phi) is 5.28. The van der Waals surface area contributed by atoms with Crippen molar-refractivity contribution in [1.82, 2.24) is 4.90 Å². The van der Waals surface area contributed by atoms with E-state index in [1.807, 2.05) is 0 Å². The molecular weight excluding hydrogens is 174 g/mol. The largest absolute Gasteiger partial charge is 0.325 e. The number of alkyl halides is 2. The lowest BCUT2D eigenvalue weighted by Crippen LogP contribution is -2.42. The van der Waals surface area contributed by atoms with E-state index in [-0.39, 0.29) is 6.54 Å². The third-order valence-electron chi connectivity index (χ3n) is 1.46. The number of hydrogen-bond acceptors (Lipinski definition) is 2. The second kappa shape index (κ2) is 5.68. The van der Waals surface area contributed by atoms with Gasteiger partial charge in [-0.2, -0.15) is 0 Å². The average molecular weight is 188 g/mol. The van der Waals surface area contributed by atoms with Gasteiger partial charge in [0, 0.05) is 6.54 Å². The molecule has 0 aromatic rings. The van der Waals surface area contributed by atoms with Crippen LogP contribution in [0.4, 0.5) is 8.78 Å². The first-order valence-corrected chi connectivity index (χ1v) is 3.90. The topological polar surface area (TPSA) is 29.3 Å². The molecule has 0 heterocycles. The molecule has 0 radical (unpaired) electrons. The van der Waals surface area contributed by atoms with Gasteiger partial charge in [-0.05, 0) is 0 Å². The number of hydrogen-bond donors (Lipinski definition) is 1. The predicted molar refractivity (Wildman–Crippen MR) is 49.5 cm³/mol. The lowest BCUT2D eigenvalue weighted by molar-refractivity contribution is -0.0178. The highest BCUT2D eigenvalue weighted by Crippen LogP contribution is 2.12. The van der Waals surface area contributed by atoms with Gasteiger partial charge in [-0.3, -0.25) is 4.90 Å². The highest BCUT2D eigenvalue weighted by Gasteiger charge is 2.28. The molecule has 2 N–H and O–H groups in total. The number of nitrogens with two attached hydrogens (primary N) is 1. The molecule has 0 aliphatic carbocycles. The molecule has 0 bridgehead atoms. The molecule has 74 valence electrons. The minimum Gasteiger partial charge on any atom is -0.325 e. The number of terminal acetylenes is 1. The first kappa shape index (κ1) is 12.1. The van der Waals surface area contributed by atoms with E-state index in [0.29, 0.717) is 6.54 Å². The molecule has 4 heteroatoms. The second-order valence-corrected chi connectivity index (χ2v) is 2.72. The zero-order valence-electron chi connectivity index (χ0n) is 7.47. The number of nitrogens with zero attached hydrogens (tertiary/aromatic N) is 1. The third-order valence-corrected chi connectivity index (χ3v) is 1.46. The van der Waals surface area contributed by atoms with Crippen LogP contribution in [-0.4, -0.2) is 37.0 Å². The standard InChI is InChI=1S/C9H14F2N2/c1-3-5-13(6-4-2)8-9(10,11)7-12/h1,4H,2,5-8,12H2. The Morgan fingerprint density at radius 1 is 1.62 bits per heavy atom. The van der Waals surface area contributed by atoms with Crippen LogP contribution < -0.4 is 5.73 Å². The summed E-state index contributed by atoms with van der Waals surface area (Å²) in [5.41, 5.74) is 4.89. The van der Waals surface area contributed by atoms with E-state index in [2.05, 4.69) is 12.5 Å². The van der Waals surface area contributed by atoms with E-state index in [4.69, 9.17) is 12.2 Å². The first-order valence-electron chi connectivity index (χ1n) is 3.90. The first-order chi connectivity index (χ1) is 6.05. The fraction of sp³-hybridized carbons (Fsp3) is 0.556. The van der Waals surface area contributed by atoms with Crippen LogP contribution in [0.5, 0.6) is 0 Å². The molecule has 0 spiro atoms. The Morgan fingerprint density at radius 3 is 2.62 bits per heavy atom. The van der Waals surface area contributed by atoms with E-state index >= 15 is 0 Å². The van der Waals surface area contributed by atoms with Crippen molar-refractivity contribution >= 4 is 0 Å². The summed E-state index contributed by atoms with van der Waals surface area (Å²) in [4.78, 5) is 1.42. The molecule has 0 rings (SSSR count). The fourth-order valence-electron chi connectivity index (χ4n) is 0.888. The van der Waals surface area contributed by atoms with Crippen molar-refractivity contribution in [3.8, 4) is 12.3 Å². The molecule has 0 atom stereocenters. The zero-order chi connectivity index (χ0) is 10.3. The summed E-state index contributed by atoms with van der Waals surface area (Å²) in [7, 11) is 0. The van der Waals surface area contributed by atoms with Crippen molar-refractivity contribution in [1.29, 1.82) is 0 Å². The van der Waals surface area contributed by atoms with Crippen molar-refractivity contribution in [2.45, 2.75) is 5.92 Å². The van der Waals surface area contributed by atoms with Gasteiger partial charge in [0.05, 0.1) is 19.6 Å². The summed E-state index contributed by atoms with van der Waals surface area (Å²) in [5.74, 6) is -0.572. The van der Waals surface area contributed by atoms with Crippen LogP contribution in [0.3, 0.4) is 0 Å². The quantitative estimate of drug-likeness (QED) is 0.491. The highest BCUT2D eigenvalue weighted by atomic mass is 19.3. The van der Waals surface area contributed by atoms with Crippen molar-refractivity contribution in [2.24, 2.45) is 5.73 Å². The number of rotatable bonds is 6. The van der Waals surface area contributed by atoms with Crippen LogP contribution >= 0.6 is 0 Å². The molecule has 0 aliphatic rings. The summed E-state index contributed by atoms with van der Waals surface area (Å²) < 4.78 is 25.6. The summed E-state index contributed by atoms with van der Waals surface area (Å²) in [5, 5.41) is 0. The SMILES string of the molecule is C#CCN(CC=C)CC(F)(F)CN. The van der Waals surface area contributed by atoms with Gasteiger partial charge in [-0.25, -0.2) is 8.78 Å². The highest BCUT2D eigenvalue weighted by molar-refractivity contribution is 4.91. The third kappa shape index (κ3) is 5.34. The molecule has 13 heavy (non-hydrogen) atoms. The molecule has 0 amide bonds. The van der Waals surface area contributed by atoms with Crippen LogP contribution in [0, 0.1) is 12.3 Å². The Bertz CT molecular complexity index is 196.